The molecule has 3 heterocycles. The molecule has 3 aromatic rings. The fourth-order valence-corrected chi connectivity index (χ4v) is 1.77. The van der Waals surface area contributed by atoms with Crippen molar-refractivity contribution in [2.75, 3.05) is 0 Å². The highest BCUT2D eigenvalue weighted by Crippen LogP contribution is 2.24. The van der Waals surface area contributed by atoms with Crippen LogP contribution in [0.1, 0.15) is 5.69 Å². The zero-order chi connectivity index (χ0) is 11.0. The van der Waals surface area contributed by atoms with E-state index in [2.05, 4.69) is 20.2 Å². The van der Waals surface area contributed by atoms with Gasteiger partial charge in [0.2, 0.25) is 0 Å². The number of aromatic amines is 1. The third kappa shape index (κ3) is 1.35. The molecule has 1 N–H and O–H groups in total. The molecule has 16 heavy (non-hydrogen) atoms. The number of H-pyrrole nitrogens is 1. The van der Waals surface area contributed by atoms with Crippen molar-refractivity contribution >= 4 is 11.0 Å². The summed E-state index contributed by atoms with van der Waals surface area (Å²) in [5, 5.41) is 8.22. The standard InChI is InChI=1S/C12H10N4/c1-8-7-9(4-6-13-8)11-10-3-2-5-14-12(10)16-15-11/h2-7H,1H3,(H,14,15,16). The van der Waals surface area contributed by atoms with E-state index >= 15 is 0 Å². The van der Waals surface area contributed by atoms with Crippen LogP contribution in [0, 0.1) is 6.92 Å². The summed E-state index contributed by atoms with van der Waals surface area (Å²) in [7, 11) is 0. The van der Waals surface area contributed by atoms with Crippen molar-refractivity contribution < 1.29 is 0 Å². The van der Waals surface area contributed by atoms with E-state index < -0.39 is 0 Å². The highest BCUT2D eigenvalue weighted by Gasteiger charge is 2.07. The van der Waals surface area contributed by atoms with Crippen molar-refractivity contribution in [3.8, 4) is 11.3 Å². The summed E-state index contributed by atoms with van der Waals surface area (Å²) in [5.74, 6) is 0. The first-order valence-electron chi connectivity index (χ1n) is 5.07. The molecule has 4 heteroatoms. The third-order valence-corrected chi connectivity index (χ3v) is 2.51. The van der Waals surface area contributed by atoms with Crippen molar-refractivity contribution in [1.82, 2.24) is 20.2 Å². The predicted molar refractivity (Wildman–Crippen MR) is 61.9 cm³/mol. The quantitative estimate of drug-likeness (QED) is 0.670. The van der Waals surface area contributed by atoms with Gasteiger partial charge in [-0.3, -0.25) is 10.1 Å². The van der Waals surface area contributed by atoms with Crippen molar-refractivity contribution in [3.63, 3.8) is 0 Å². The van der Waals surface area contributed by atoms with Crippen LogP contribution in [0.2, 0.25) is 0 Å². The van der Waals surface area contributed by atoms with E-state index in [9.17, 15) is 0 Å². The molecule has 0 unspecified atom stereocenters. The molecule has 3 rings (SSSR count). The van der Waals surface area contributed by atoms with E-state index in [0.29, 0.717) is 0 Å². The van der Waals surface area contributed by atoms with Gasteiger partial charge in [0, 0.05) is 29.0 Å². The Morgan fingerprint density at radius 3 is 2.94 bits per heavy atom. The first-order valence-corrected chi connectivity index (χ1v) is 5.07. The molecule has 0 saturated carbocycles. The number of rotatable bonds is 1. The minimum absolute atomic E-state index is 0.743. The molecule has 0 spiro atoms. The van der Waals surface area contributed by atoms with Gasteiger partial charge >= 0.3 is 0 Å². The highest BCUT2D eigenvalue weighted by atomic mass is 15.1. The number of pyridine rings is 2. The maximum Gasteiger partial charge on any atom is 0.181 e. The number of nitrogens with zero attached hydrogens (tertiary/aromatic N) is 3. The lowest BCUT2D eigenvalue weighted by Gasteiger charge is -1.99. The van der Waals surface area contributed by atoms with E-state index in [4.69, 9.17) is 0 Å². The van der Waals surface area contributed by atoms with E-state index in [1.165, 1.54) is 0 Å². The van der Waals surface area contributed by atoms with Crippen LogP contribution < -0.4 is 0 Å². The maximum absolute atomic E-state index is 4.19. The van der Waals surface area contributed by atoms with Crippen molar-refractivity contribution in [2.45, 2.75) is 6.92 Å². The van der Waals surface area contributed by atoms with Gasteiger partial charge in [-0.2, -0.15) is 5.10 Å². The fourth-order valence-electron chi connectivity index (χ4n) is 1.77. The summed E-state index contributed by atoms with van der Waals surface area (Å²) in [4.78, 5) is 8.37. The fraction of sp³-hybridized carbons (Fsp3) is 0.0833. The van der Waals surface area contributed by atoms with E-state index in [1.54, 1.807) is 12.4 Å². The van der Waals surface area contributed by atoms with Crippen LogP contribution in [-0.4, -0.2) is 20.2 Å². The maximum atomic E-state index is 4.19. The van der Waals surface area contributed by atoms with E-state index in [-0.39, 0.29) is 0 Å². The highest BCUT2D eigenvalue weighted by molar-refractivity contribution is 5.90. The Hall–Kier alpha value is -2.23. The number of fused-ring (bicyclic) bond motifs is 1. The Labute approximate surface area is 92.4 Å². The van der Waals surface area contributed by atoms with Crippen LogP contribution in [0.5, 0.6) is 0 Å². The van der Waals surface area contributed by atoms with Gasteiger partial charge in [0.15, 0.2) is 5.65 Å². The van der Waals surface area contributed by atoms with Crippen molar-refractivity contribution in [3.05, 3.63) is 42.4 Å². The molecular formula is C12H10N4. The molecule has 0 saturated heterocycles. The van der Waals surface area contributed by atoms with Crippen LogP contribution in [0.15, 0.2) is 36.7 Å². The zero-order valence-electron chi connectivity index (χ0n) is 8.81. The average Bonchev–Trinajstić information content (AvgIpc) is 2.72. The van der Waals surface area contributed by atoms with Crippen LogP contribution in [-0.2, 0) is 0 Å². The van der Waals surface area contributed by atoms with Crippen molar-refractivity contribution in [2.24, 2.45) is 0 Å². The van der Waals surface area contributed by atoms with Crippen LogP contribution in [0.3, 0.4) is 0 Å². The Morgan fingerprint density at radius 2 is 2.06 bits per heavy atom. The largest absolute Gasteiger partial charge is 0.275 e. The molecule has 0 fully saturated rings. The zero-order valence-corrected chi connectivity index (χ0v) is 8.81. The summed E-state index contributed by atoms with van der Waals surface area (Å²) in [6.07, 6.45) is 3.54. The Bertz CT molecular complexity index is 642. The van der Waals surface area contributed by atoms with Gasteiger partial charge in [-0.05, 0) is 31.2 Å². The summed E-state index contributed by atoms with van der Waals surface area (Å²) in [6, 6.07) is 7.92. The molecule has 0 bridgehead atoms. The lowest BCUT2D eigenvalue weighted by molar-refractivity contribution is 1.10. The number of hydrogen-bond acceptors (Lipinski definition) is 3. The molecular weight excluding hydrogens is 200 g/mol. The lowest BCUT2D eigenvalue weighted by Crippen LogP contribution is -1.83. The second-order valence-electron chi connectivity index (χ2n) is 3.66. The molecule has 0 aliphatic rings. The normalized spacial score (nSPS) is 10.8. The van der Waals surface area contributed by atoms with Crippen LogP contribution >= 0.6 is 0 Å². The summed E-state index contributed by atoms with van der Waals surface area (Å²) in [5.41, 5.74) is 3.81. The number of aryl methyl sites for hydroxylation is 1. The van der Waals surface area contributed by atoms with Gasteiger partial charge in [-0.25, -0.2) is 4.98 Å². The molecule has 4 nitrogen and oxygen atoms in total. The summed E-state index contributed by atoms with van der Waals surface area (Å²) >= 11 is 0. The van der Waals surface area contributed by atoms with E-state index in [1.807, 2.05) is 31.2 Å². The Balaban J connectivity index is 2.26. The SMILES string of the molecule is Cc1cc(-c2[nH]nc3ncccc23)ccn1. The first kappa shape index (κ1) is 9.03. The van der Waals surface area contributed by atoms with Gasteiger partial charge < -0.3 is 0 Å². The van der Waals surface area contributed by atoms with Gasteiger partial charge in [0.05, 0.1) is 5.69 Å². The predicted octanol–water partition coefficient (Wildman–Crippen LogP) is 2.33. The molecule has 0 aliphatic heterocycles. The monoisotopic (exact) mass is 210 g/mol. The molecule has 3 aromatic heterocycles. The summed E-state index contributed by atoms with van der Waals surface area (Å²) in [6.45, 7) is 1.97. The second kappa shape index (κ2) is 3.41. The number of nitrogens with one attached hydrogen (secondary N) is 1. The number of hydrogen-bond donors (Lipinski definition) is 1. The molecule has 0 atom stereocenters. The third-order valence-electron chi connectivity index (χ3n) is 2.51. The minimum Gasteiger partial charge on any atom is -0.275 e. The first-order chi connectivity index (χ1) is 7.84. The average molecular weight is 210 g/mol. The minimum atomic E-state index is 0.743. The van der Waals surface area contributed by atoms with Gasteiger partial charge in [0.25, 0.3) is 0 Å². The van der Waals surface area contributed by atoms with Crippen LogP contribution in [0.25, 0.3) is 22.3 Å². The van der Waals surface area contributed by atoms with Crippen LogP contribution in [0.4, 0.5) is 0 Å². The Kier molecular flexibility index (Phi) is 1.93. The summed E-state index contributed by atoms with van der Waals surface area (Å²) < 4.78 is 0. The molecule has 0 radical (unpaired) electrons. The molecule has 78 valence electrons. The number of aromatic nitrogens is 4. The molecule has 0 aromatic carbocycles. The second-order valence-corrected chi connectivity index (χ2v) is 3.66. The molecule has 0 aliphatic carbocycles. The van der Waals surface area contributed by atoms with Gasteiger partial charge in [-0.15, -0.1) is 0 Å². The molecule has 0 amide bonds. The smallest absolute Gasteiger partial charge is 0.181 e. The topological polar surface area (TPSA) is 54.5 Å². The Morgan fingerprint density at radius 1 is 1.12 bits per heavy atom. The van der Waals surface area contributed by atoms with Gasteiger partial charge in [0.1, 0.15) is 0 Å². The van der Waals surface area contributed by atoms with Gasteiger partial charge in [-0.1, -0.05) is 0 Å². The lowest BCUT2D eigenvalue weighted by atomic mass is 10.1. The van der Waals surface area contributed by atoms with Crippen molar-refractivity contribution in [1.29, 1.82) is 0 Å². The van der Waals surface area contributed by atoms with E-state index in [0.717, 1.165) is 28.0 Å².